The van der Waals surface area contributed by atoms with Crippen LogP contribution >= 0.6 is 11.8 Å². The lowest BCUT2D eigenvalue weighted by Crippen LogP contribution is -2.14. The molecule has 3 aromatic carbocycles. The predicted octanol–water partition coefficient (Wildman–Crippen LogP) is 5.29. The van der Waals surface area contributed by atoms with Crippen LogP contribution in [0.25, 0.3) is 6.08 Å². The van der Waals surface area contributed by atoms with Crippen LogP contribution in [0.2, 0.25) is 0 Å². The number of carbonyl (C=O) groups excluding carboxylic acids is 2. The SMILES string of the molecule is CN1C(=Cc2ccc(C(=O)C(=O)c3ccccc3)cc2)Sc2ccccc21. The van der Waals surface area contributed by atoms with Gasteiger partial charge >= 0.3 is 0 Å². The van der Waals surface area contributed by atoms with Crippen molar-refractivity contribution in [2.45, 2.75) is 4.90 Å². The van der Waals surface area contributed by atoms with E-state index in [0.29, 0.717) is 11.1 Å². The maximum absolute atomic E-state index is 12.4. The Balaban J connectivity index is 1.53. The molecule has 27 heavy (non-hydrogen) atoms. The summed E-state index contributed by atoms with van der Waals surface area (Å²) in [6.45, 7) is 0. The van der Waals surface area contributed by atoms with E-state index in [-0.39, 0.29) is 0 Å². The Kier molecular flexibility index (Phi) is 4.65. The van der Waals surface area contributed by atoms with Crippen LogP contribution in [0.4, 0.5) is 5.69 Å². The van der Waals surface area contributed by atoms with Gasteiger partial charge in [0.1, 0.15) is 0 Å². The van der Waals surface area contributed by atoms with Gasteiger partial charge in [0.2, 0.25) is 11.6 Å². The van der Waals surface area contributed by atoms with Gasteiger partial charge < -0.3 is 4.90 Å². The van der Waals surface area contributed by atoms with Gasteiger partial charge in [0, 0.05) is 23.1 Å². The molecular formula is C23H17NO2S. The number of carbonyl (C=O) groups is 2. The minimum atomic E-state index is -0.486. The first-order chi connectivity index (χ1) is 13.1. The minimum absolute atomic E-state index is 0.404. The minimum Gasteiger partial charge on any atom is -0.338 e. The van der Waals surface area contributed by atoms with Crippen molar-refractivity contribution in [3.8, 4) is 0 Å². The smallest absolute Gasteiger partial charge is 0.233 e. The average Bonchev–Trinajstić information content (AvgIpc) is 3.04. The molecule has 1 aliphatic heterocycles. The Morgan fingerprint density at radius 3 is 2.04 bits per heavy atom. The summed E-state index contributed by atoms with van der Waals surface area (Å²) in [7, 11) is 2.04. The molecule has 0 aliphatic carbocycles. The van der Waals surface area contributed by atoms with E-state index in [2.05, 4.69) is 23.1 Å². The molecule has 3 nitrogen and oxygen atoms in total. The Labute approximate surface area is 162 Å². The number of hydrogen-bond acceptors (Lipinski definition) is 4. The molecule has 0 fully saturated rings. The predicted molar refractivity (Wildman–Crippen MR) is 110 cm³/mol. The number of hydrogen-bond donors (Lipinski definition) is 0. The molecule has 0 aromatic heterocycles. The van der Waals surface area contributed by atoms with Crippen molar-refractivity contribution >= 4 is 35.1 Å². The number of ketones is 2. The molecular weight excluding hydrogens is 354 g/mol. The standard InChI is InChI=1S/C23H17NO2S/c1-24-19-9-5-6-10-20(19)27-21(24)15-16-11-13-18(14-12-16)23(26)22(25)17-7-3-2-4-8-17/h2-15H,1H3. The zero-order chi connectivity index (χ0) is 18.8. The number of rotatable bonds is 4. The maximum atomic E-state index is 12.4. The number of fused-ring (bicyclic) bond motifs is 1. The van der Waals surface area contributed by atoms with Gasteiger partial charge in [-0.3, -0.25) is 9.59 Å². The molecule has 0 unspecified atom stereocenters. The molecule has 0 saturated carbocycles. The zero-order valence-corrected chi connectivity index (χ0v) is 15.6. The lowest BCUT2D eigenvalue weighted by molar-refractivity contribution is 0.0817. The van der Waals surface area contributed by atoms with Gasteiger partial charge in [-0.2, -0.15) is 0 Å². The van der Waals surface area contributed by atoms with Gasteiger partial charge in [-0.15, -0.1) is 0 Å². The van der Waals surface area contributed by atoms with E-state index in [1.54, 1.807) is 48.2 Å². The number of benzene rings is 3. The van der Waals surface area contributed by atoms with Crippen molar-refractivity contribution in [3.05, 3.63) is 101 Å². The zero-order valence-electron chi connectivity index (χ0n) is 14.8. The second kappa shape index (κ2) is 7.25. The summed E-state index contributed by atoms with van der Waals surface area (Å²) in [6.07, 6.45) is 2.08. The van der Waals surface area contributed by atoms with Crippen molar-refractivity contribution in [2.24, 2.45) is 0 Å². The number of thioether (sulfide) groups is 1. The topological polar surface area (TPSA) is 37.4 Å². The first-order valence-electron chi connectivity index (χ1n) is 8.60. The molecule has 0 radical (unpaired) electrons. The molecule has 1 heterocycles. The monoisotopic (exact) mass is 371 g/mol. The highest BCUT2D eigenvalue weighted by Gasteiger charge is 2.21. The summed E-state index contributed by atoms with van der Waals surface area (Å²) in [5.41, 5.74) is 2.99. The Bertz CT molecular complexity index is 1040. The number of nitrogens with zero attached hydrogens (tertiary/aromatic N) is 1. The van der Waals surface area contributed by atoms with Crippen LogP contribution < -0.4 is 4.90 Å². The molecule has 0 saturated heterocycles. The van der Waals surface area contributed by atoms with Gasteiger partial charge in [-0.05, 0) is 23.8 Å². The summed E-state index contributed by atoms with van der Waals surface area (Å²) in [6, 6.07) is 24.1. The van der Waals surface area contributed by atoms with Crippen molar-refractivity contribution in [1.82, 2.24) is 0 Å². The van der Waals surface area contributed by atoms with Crippen LogP contribution in [0.3, 0.4) is 0 Å². The average molecular weight is 371 g/mol. The second-order valence-corrected chi connectivity index (χ2v) is 7.32. The quantitative estimate of drug-likeness (QED) is 0.461. The van der Waals surface area contributed by atoms with Crippen molar-refractivity contribution in [3.63, 3.8) is 0 Å². The van der Waals surface area contributed by atoms with E-state index in [1.165, 1.54) is 10.6 Å². The third-order valence-corrected chi connectivity index (χ3v) is 5.64. The fraction of sp³-hybridized carbons (Fsp3) is 0.0435. The van der Waals surface area contributed by atoms with E-state index in [0.717, 1.165) is 10.6 Å². The van der Waals surface area contributed by atoms with Crippen LogP contribution in [-0.4, -0.2) is 18.6 Å². The summed E-state index contributed by atoms with van der Waals surface area (Å²) in [5, 5.41) is 1.12. The first kappa shape index (κ1) is 17.3. The molecule has 4 heteroatoms. The van der Waals surface area contributed by atoms with Crippen molar-refractivity contribution in [2.75, 3.05) is 11.9 Å². The molecule has 3 aromatic rings. The Morgan fingerprint density at radius 1 is 0.778 bits per heavy atom. The van der Waals surface area contributed by atoms with Gasteiger partial charge in [-0.1, -0.05) is 78.5 Å². The molecule has 132 valence electrons. The van der Waals surface area contributed by atoms with Crippen LogP contribution in [0.15, 0.2) is 88.8 Å². The molecule has 4 rings (SSSR count). The number of anilines is 1. The fourth-order valence-electron chi connectivity index (χ4n) is 2.97. The van der Waals surface area contributed by atoms with Gasteiger partial charge in [-0.25, -0.2) is 0 Å². The van der Waals surface area contributed by atoms with E-state index in [9.17, 15) is 9.59 Å². The lowest BCUT2D eigenvalue weighted by Gasteiger charge is -2.13. The third-order valence-electron chi connectivity index (χ3n) is 4.48. The van der Waals surface area contributed by atoms with Gasteiger partial charge in [0.15, 0.2) is 0 Å². The summed E-state index contributed by atoms with van der Waals surface area (Å²) in [4.78, 5) is 28.1. The normalized spacial score (nSPS) is 14.3. The highest BCUT2D eigenvalue weighted by atomic mass is 32.2. The summed E-state index contributed by atoms with van der Waals surface area (Å²) < 4.78 is 0. The van der Waals surface area contributed by atoms with Crippen LogP contribution in [0.5, 0.6) is 0 Å². The lowest BCUT2D eigenvalue weighted by atomic mass is 10.0. The molecule has 0 N–H and O–H groups in total. The van der Waals surface area contributed by atoms with Crippen molar-refractivity contribution < 1.29 is 9.59 Å². The summed E-state index contributed by atoms with van der Waals surface area (Å²) in [5.74, 6) is -0.969. The Morgan fingerprint density at radius 2 is 1.37 bits per heavy atom. The van der Waals surface area contributed by atoms with Crippen LogP contribution in [0, 0.1) is 0 Å². The summed E-state index contributed by atoms with van der Waals surface area (Å²) >= 11 is 1.72. The maximum Gasteiger partial charge on any atom is 0.233 e. The molecule has 0 spiro atoms. The van der Waals surface area contributed by atoms with Crippen LogP contribution in [-0.2, 0) is 0 Å². The molecule has 0 amide bonds. The largest absolute Gasteiger partial charge is 0.338 e. The van der Waals surface area contributed by atoms with E-state index >= 15 is 0 Å². The van der Waals surface area contributed by atoms with E-state index < -0.39 is 11.6 Å². The number of para-hydroxylation sites is 1. The number of Topliss-reactive ketones (excluding diaryl/α,β-unsaturated/α-hetero) is 2. The highest BCUT2D eigenvalue weighted by molar-refractivity contribution is 8.03. The fourth-order valence-corrected chi connectivity index (χ4v) is 4.08. The third kappa shape index (κ3) is 3.44. The highest BCUT2D eigenvalue weighted by Crippen LogP contribution is 2.45. The first-order valence-corrected chi connectivity index (χ1v) is 9.41. The second-order valence-electron chi connectivity index (χ2n) is 6.26. The Hall–Kier alpha value is -3.11. The molecule has 1 aliphatic rings. The van der Waals surface area contributed by atoms with Gasteiger partial charge in [0.05, 0.1) is 10.7 Å². The molecule has 0 atom stereocenters. The van der Waals surface area contributed by atoms with E-state index in [1.807, 2.05) is 37.4 Å². The van der Waals surface area contributed by atoms with Crippen molar-refractivity contribution in [1.29, 1.82) is 0 Å². The molecule has 0 bridgehead atoms. The van der Waals surface area contributed by atoms with Crippen LogP contribution in [0.1, 0.15) is 26.3 Å². The van der Waals surface area contributed by atoms with E-state index in [4.69, 9.17) is 0 Å². The van der Waals surface area contributed by atoms with Gasteiger partial charge in [0.25, 0.3) is 0 Å².